The van der Waals surface area contributed by atoms with E-state index in [9.17, 15) is 0 Å². The van der Waals surface area contributed by atoms with Crippen molar-refractivity contribution in [2.45, 2.75) is 206 Å². The number of fused-ring (bicyclic) bond motifs is 12. The molecule has 4 heterocycles. The number of hydrogen-bond acceptors (Lipinski definition) is 5. The Morgan fingerprint density at radius 3 is 1.55 bits per heavy atom. The van der Waals surface area contributed by atoms with Crippen LogP contribution in [0.4, 0.5) is 51.2 Å². The van der Waals surface area contributed by atoms with E-state index in [1.165, 1.54) is 115 Å². The number of furan rings is 1. The molecule has 448 valence electrons. The maximum atomic E-state index is 7.98. The lowest BCUT2D eigenvalue weighted by Gasteiger charge is -2.47. The highest BCUT2D eigenvalue weighted by atomic mass is 32.1. The standard InChI is InChI=1S/C82H90BN3OS/c1-75(2,3)49-38-50(76(4,5)6)40-54(39-49)85-66-47-63-62(80(13,14)35-36-81(63,15)16)46-65(66)83-72-67(85)42-55(84(51-24-20-19-21-25-51)53-28-30-57-56-26-22-23-27-70(56)88-71(57)44-53)43-68(72)86(52-29-31-59-60(41-52)78(9,10)33-32-77(59,7)8)73-58-45-61-64(48-69(58)87-74(73)83)82(17,18)37-34-79(61,11)12/h19-31,38-48H,32-37H2,1-18H3. The third-order valence-corrected chi connectivity index (χ3v) is 23.6. The van der Waals surface area contributed by atoms with E-state index in [-0.39, 0.29) is 50.0 Å². The van der Waals surface area contributed by atoms with Crippen LogP contribution in [0.15, 0.2) is 150 Å². The van der Waals surface area contributed by atoms with Crippen LogP contribution in [0.2, 0.25) is 0 Å². The Morgan fingerprint density at radius 2 is 0.932 bits per heavy atom. The zero-order chi connectivity index (χ0) is 61.9. The maximum Gasteiger partial charge on any atom is 0.297 e. The van der Waals surface area contributed by atoms with Crippen LogP contribution >= 0.6 is 11.3 Å². The lowest BCUT2D eigenvalue weighted by molar-refractivity contribution is 0.332. The summed E-state index contributed by atoms with van der Waals surface area (Å²) in [4.78, 5) is 7.97. The van der Waals surface area contributed by atoms with E-state index in [1.54, 1.807) is 0 Å². The third kappa shape index (κ3) is 8.70. The first-order chi connectivity index (χ1) is 41.3. The monoisotopic (exact) mass is 1180 g/mol. The van der Waals surface area contributed by atoms with Crippen molar-refractivity contribution in [2.24, 2.45) is 0 Å². The molecule has 0 radical (unpaired) electrons. The van der Waals surface area contributed by atoms with Crippen LogP contribution in [0.25, 0.3) is 31.1 Å². The summed E-state index contributed by atoms with van der Waals surface area (Å²) >= 11 is 1.89. The normalized spacial score (nSPS) is 19.0. The lowest BCUT2D eigenvalue weighted by atomic mass is 9.35. The van der Waals surface area contributed by atoms with Gasteiger partial charge < -0.3 is 19.1 Å². The highest BCUT2D eigenvalue weighted by Gasteiger charge is 2.51. The van der Waals surface area contributed by atoms with Crippen molar-refractivity contribution >= 4 is 117 Å². The molecule has 0 saturated carbocycles. The summed E-state index contributed by atoms with van der Waals surface area (Å²) in [6.45, 7) is 43.8. The van der Waals surface area contributed by atoms with Gasteiger partial charge in [0.1, 0.15) is 5.58 Å². The highest BCUT2D eigenvalue weighted by Crippen LogP contribution is 2.57. The van der Waals surface area contributed by atoms with Crippen LogP contribution < -0.4 is 31.3 Å². The maximum absolute atomic E-state index is 7.98. The summed E-state index contributed by atoms with van der Waals surface area (Å²) in [5.41, 5.74) is 26.2. The van der Waals surface area contributed by atoms with Gasteiger partial charge >= 0.3 is 0 Å². The van der Waals surface area contributed by atoms with Crippen molar-refractivity contribution in [1.29, 1.82) is 0 Å². The Balaban J connectivity index is 1.13. The fraction of sp³-hybridized carbons (Fsp3) is 0.390. The molecule has 0 bridgehead atoms. The van der Waals surface area contributed by atoms with Gasteiger partial charge in [0, 0.05) is 65.4 Å². The minimum Gasteiger partial charge on any atom is -0.468 e. The Kier molecular flexibility index (Phi) is 12.3. The fourth-order valence-electron chi connectivity index (χ4n) is 16.5. The Morgan fingerprint density at radius 1 is 0.409 bits per heavy atom. The summed E-state index contributed by atoms with van der Waals surface area (Å²) in [6.07, 6.45) is 6.80. The second kappa shape index (κ2) is 18.8. The van der Waals surface area contributed by atoms with Crippen LogP contribution in [-0.4, -0.2) is 6.71 Å². The molecule has 0 unspecified atom stereocenters. The van der Waals surface area contributed by atoms with Gasteiger partial charge in [-0.1, -0.05) is 185 Å². The van der Waals surface area contributed by atoms with Crippen molar-refractivity contribution in [1.82, 2.24) is 0 Å². The lowest BCUT2D eigenvalue weighted by Crippen LogP contribution is -2.61. The molecule has 0 N–H and O–H groups in total. The van der Waals surface area contributed by atoms with E-state index in [4.69, 9.17) is 4.42 Å². The summed E-state index contributed by atoms with van der Waals surface area (Å²) in [6, 6.07) is 58.0. The van der Waals surface area contributed by atoms with Gasteiger partial charge in [0.2, 0.25) is 0 Å². The van der Waals surface area contributed by atoms with Crippen LogP contribution in [0.1, 0.15) is 208 Å². The van der Waals surface area contributed by atoms with E-state index in [2.05, 4.69) is 285 Å². The van der Waals surface area contributed by atoms with Crippen molar-refractivity contribution in [3.05, 3.63) is 190 Å². The number of nitrogens with zero attached hydrogens (tertiary/aromatic N) is 3. The number of para-hydroxylation sites is 1. The zero-order valence-corrected chi connectivity index (χ0v) is 56.7. The first kappa shape index (κ1) is 57.4. The molecule has 0 fully saturated rings. The quantitative estimate of drug-likeness (QED) is 0.160. The van der Waals surface area contributed by atoms with Gasteiger partial charge in [-0.15, -0.1) is 11.3 Å². The third-order valence-electron chi connectivity index (χ3n) is 22.5. The van der Waals surface area contributed by atoms with Gasteiger partial charge in [-0.3, -0.25) is 0 Å². The predicted octanol–water partition coefficient (Wildman–Crippen LogP) is 22.0. The predicted molar refractivity (Wildman–Crippen MR) is 381 cm³/mol. The number of anilines is 9. The molecule has 0 atom stereocenters. The zero-order valence-electron chi connectivity index (χ0n) is 55.8. The molecule has 5 aliphatic rings. The molecule has 4 nitrogen and oxygen atoms in total. The van der Waals surface area contributed by atoms with Gasteiger partial charge in [0.25, 0.3) is 6.71 Å². The molecule has 8 aromatic carbocycles. The molecule has 0 spiro atoms. The van der Waals surface area contributed by atoms with Crippen molar-refractivity contribution in [3.63, 3.8) is 0 Å². The SMILES string of the molecule is CC(C)(C)c1cc(N2c3cc4c(cc3B3c5oc6cc7c(cc6c5N(c5ccc6c(c5)C(C)(C)CCC6(C)C)c5cc(N(c6ccccc6)c6ccc8c(c6)sc6ccccc68)cc2c53)C(C)(C)CCC7(C)C)C(C)(C)CCC4(C)C)cc(C(C)(C)C)c1. The van der Waals surface area contributed by atoms with Crippen LogP contribution in [0, 0.1) is 0 Å². The van der Waals surface area contributed by atoms with Gasteiger partial charge in [0.15, 0.2) is 0 Å². The van der Waals surface area contributed by atoms with Gasteiger partial charge in [-0.2, -0.15) is 0 Å². The van der Waals surface area contributed by atoms with E-state index in [0.29, 0.717) is 0 Å². The molecule has 2 aliphatic heterocycles. The number of hydrogen-bond donors (Lipinski definition) is 0. The number of thiophene rings is 1. The summed E-state index contributed by atoms with van der Waals surface area (Å²) in [7, 11) is 0. The first-order valence-electron chi connectivity index (χ1n) is 33.0. The van der Waals surface area contributed by atoms with Gasteiger partial charge in [0.05, 0.1) is 17.0 Å². The summed E-state index contributed by atoms with van der Waals surface area (Å²) in [5, 5.41) is 3.80. The number of rotatable bonds is 5. The van der Waals surface area contributed by atoms with Gasteiger partial charge in [-0.05, 0) is 222 Å². The topological polar surface area (TPSA) is 22.9 Å². The molecular formula is C82H90BN3OS. The molecule has 15 rings (SSSR count). The summed E-state index contributed by atoms with van der Waals surface area (Å²) < 4.78 is 10.6. The van der Waals surface area contributed by atoms with Crippen LogP contribution in [-0.2, 0) is 43.3 Å². The Labute approximate surface area is 529 Å². The van der Waals surface area contributed by atoms with Crippen molar-refractivity contribution in [2.75, 3.05) is 14.7 Å². The molecule has 2 aromatic heterocycles. The van der Waals surface area contributed by atoms with Gasteiger partial charge in [-0.25, -0.2) is 0 Å². The molecular weight excluding hydrogens is 1090 g/mol. The molecule has 88 heavy (non-hydrogen) atoms. The second-order valence-electron chi connectivity index (χ2n) is 33.4. The van der Waals surface area contributed by atoms with Crippen molar-refractivity contribution < 1.29 is 4.42 Å². The molecule has 0 amide bonds. The van der Waals surface area contributed by atoms with E-state index in [1.807, 2.05) is 11.3 Å². The van der Waals surface area contributed by atoms with E-state index < -0.39 is 0 Å². The average Bonchev–Trinajstić information content (AvgIpc) is 1.35. The molecule has 6 heteroatoms. The molecule has 0 saturated heterocycles. The van der Waals surface area contributed by atoms with E-state index >= 15 is 0 Å². The first-order valence-corrected chi connectivity index (χ1v) is 33.8. The smallest absolute Gasteiger partial charge is 0.297 e. The molecule has 10 aromatic rings. The average molecular weight is 1180 g/mol. The molecule has 3 aliphatic carbocycles. The fourth-order valence-corrected chi connectivity index (χ4v) is 17.6. The minimum absolute atomic E-state index is 0.00339. The van der Waals surface area contributed by atoms with Crippen LogP contribution in [0.3, 0.4) is 0 Å². The van der Waals surface area contributed by atoms with Crippen molar-refractivity contribution in [3.8, 4) is 0 Å². The Bertz CT molecular complexity index is 4530. The minimum atomic E-state index is -0.228. The largest absolute Gasteiger partial charge is 0.468 e. The summed E-state index contributed by atoms with van der Waals surface area (Å²) in [5.74, 6) is 0. The highest BCUT2D eigenvalue weighted by molar-refractivity contribution is 7.25. The Hall–Kier alpha value is -7.02. The van der Waals surface area contributed by atoms with E-state index in [0.717, 1.165) is 66.8 Å². The number of benzene rings is 8. The second-order valence-corrected chi connectivity index (χ2v) is 34.5. The van der Waals surface area contributed by atoms with Crippen LogP contribution in [0.5, 0.6) is 0 Å².